The fourth-order valence-corrected chi connectivity index (χ4v) is 1.51. The van der Waals surface area contributed by atoms with Crippen LogP contribution < -0.4 is 4.74 Å². The van der Waals surface area contributed by atoms with Crippen molar-refractivity contribution in [2.45, 2.75) is 12.8 Å². The smallest absolute Gasteiger partial charge is 0.219 e. The first-order valence-electron chi connectivity index (χ1n) is 5.14. The lowest BCUT2D eigenvalue weighted by Gasteiger charge is -2.06. The van der Waals surface area contributed by atoms with E-state index in [1.165, 1.54) is 6.07 Å². The second kappa shape index (κ2) is 5.15. The number of aryl methyl sites for hydroxylation is 1. The first-order chi connectivity index (χ1) is 8.19. The second-order valence-electron chi connectivity index (χ2n) is 3.67. The van der Waals surface area contributed by atoms with Gasteiger partial charge in [-0.25, -0.2) is 9.37 Å². The highest BCUT2D eigenvalue weighted by Gasteiger charge is 2.05. The number of benzene rings is 1. The van der Waals surface area contributed by atoms with Crippen LogP contribution in [-0.4, -0.2) is 4.98 Å². The lowest BCUT2D eigenvalue weighted by Crippen LogP contribution is -1.92. The number of ether oxygens (including phenoxy) is 1. The van der Waals surface area contributed by atoms with Gasteiger partial charge in [0.1, 0.15) is 0 Å². The molecule has 0 fully saturated rings. The lowest BCUT2D eigenvalue weighted by molar-refractivity contribution is 0.427. The van der Waals surface area contributed by atoms with Crippen molar-refractivity contribution in [2.24, 2.45) is 0 Å². The molecule has 0 saturated carbocycles. The normalized spacial score (nSPS) is 10.3. The van der Waals surface area contributed by atoms with Crippen molar-refractivity contribution < 1.29 is 9.13 Å². The molecule has 1 aromatic heterocycles. The second-order valence-corrected chi connectivity index (χ2v) is 3.94. The molecular weight excluding hydrogens is 241 g/mol. The molecule has 0 radical (unpaired) electrons. The van der Waals surface area contributed by atoms with E-state index >= 15 is 0 Å². The summed E-state index contributed by atoms with van der Waals surface area (Å²) in [7, 11) is 0. The maximum absolute atomic E-state index is 13.4. The Morgan fingerprint density at radius 1 is 1.29 bits per heavy atom. The summed E-state index contributed by atoms with van der Waals surface area (Å²) in [4.78, 5) is 4.04. The van der Waals surface area contributed by atoms with E-state index in [1.807, 2.05) is 6.92 Å². The summed E-state index contributed by atoms with van der Waals surface area (Å²) in [5.41, 5.74) is 1.82. The molecule has 0 aliphatic rings. The van der Waals surface area contributed by atoms with E-state index in [1.54, 1.807) is 30.5 Å². The zero-order chi connectivity index (χ0) is 12.3. The molecule has 0 atom stereocenters. The van der Waals surface area contributed by atoms with Crippen LogP contribution in [-0.2, 0) is 5.88 Å². The maximum Gasteiger partial charge on any atom is 0.219 e. The molecule has 2 rings (SSSR count). The first-order valence-corrected chi connectivity index (χ1v) is 5.67. The van der Waals surface area contributed by atoms with E-state index in [-0.39, 0.29) is 5.75 Å². The minimum absolute atomic E-state index is 0.177. The van der Waals surface area contributed by atoms with Crippen LogP contribution in [0.15, 0.2) is 36.5 Å². The predicted octanol–water partition coefficient (Wildman–Crippen LogP) is 4.06. The van der Waals surface area contributed by atoms with Crippen molar-refractivity contribution in [3.05, 3.63) is 53.5 Å². The molecule has 0 saturated heterocycles. The molecule has 2 aromatic rings. The fraction of sp³-hybridized carbons (Fsp3) is 0.154. The molecule has 1 heterocycles. The first kappa shape index (κ1) is 11.9. The van der Waals surface area contributed by atoms with Gasteiger partial charge >= 0.3 is 0 Å². The Balaban J connectivity index is 2.22. The van der Waals surface area contributed by atoms with Gasteiger partial charge in [0.05, 0.1) is 0 Å². The van der Waals surface area contributed by atoms with Gasteiger partial charge in [-0.1, -0.05) is 12.1 Å². The Hall–Kier alpha value is -1.61. The van der Waals surface area contributed by atoms with Crippen molar-refractivity contribution in [1.29, 1.82) is 0 Å². The third kappa shape index (κ3) is 2.94. The number of pyridine rings is 1. The number of hydrogen-bond acceptors (Lipinski definition) is 2. The van der Waals surface area contributed by atoms with E-state index < -0.39 is 5.82 Å². The van der Waals surface area contributed by atoms with Crippen LogP contribution in [0.1, 0.15) is 11.1 Å². The molecule has 2 nitrogen and oxygen atoms in total. The largest absolute Gasteiger partial charge is 0.436 e. The van der Waals surface area contributed by atoms with Crippen molar-refractivity contribution in [3.63, 3.8) is 0 Å². The van der Waals surface area contributed by atoms with E-state index in [0.29, 0.717) is 11.8 Å². The predicted molar refractivity (Wildman–Crippen MR) is 65.0 cm³/mol. The quantitative estimate of drug-likeness (QED) is 0.768. The molecule has 88 valence electrons. The molecule has 0 N–H and O–H groups in total. The summed E-state index contributed by atoms with van der Waals surface area (Å²) in [6.45, 7) is 1.87. The number of alkyl halides is 1. The number of halogens is 2. The van der Waals surface area contributed by atoms with E-state index in [2.05, 4.69) is 4.98 Å². The average molecular weight is 252 g/mol. The summed E-state index contributed by atoms with van der Waals surface area (Å²) < 4.78 is 18.8. The van der Waals surface area contributed by atoms with Crippen molar-refractivity contribution in [1.82, 2.24) is 4.98 Å². The molecule has 0 aliphatic carbocycles. The highest BCUT2D eigenvalue weighted by atomic mass is 35.5. The molecule has 0 aliphatic heterocycles. The topological polar surface area (TPSA) is 22.1 Å². The minimum Gasteiger partial charge on any atom is -0.436 e. The summed E-state index contributed by atoms with van der Waals surface area (Å²) in [6, 6.07) is 8.15. The summed E-state index contributed by atoms with van der Waals surface area (Å²) in [5.74, 6) is 0.518. The van der Waals surface area contributed by atoms with Gasteiger partial charge in [0.25, 0.3) is 0 Å². The van der Waals surface area contributed by atoms with Gasteiger partial charge in [0.2, 0.25) is 5.88 Å². The van der Waals surface area contributed by atoms with Crippen LogP contribution in [0.3, 0.4) is 0 Å². The zero-order valence-corrected chi connectivity index (χ0v) is 10.0. The Bertz CT molecular complexity index is 513. The Morgan fingerprint density at radius 2 is 2.12 bits per heavy atom. The summed E-state index contributed by atoms with van der Waals surface area (Å²) in [5, 5.41) is 0. The molecule has 4 heteroatoms. The van der Waals surface area contributed by atoms with E-state index in [0.717, 1.165) is 11.1 Å². The van der Waals surface area contributed by atoms with Crippen LogP contribution >= 0.6 is 11.6 Å². The highest BCUT2D eigenvalue weighted by molar-refractivity contribution is 6.17. The molecule has 0 unspecified atom stereocenters. The van der Waals surface area contributed by atoms with E-state index in [4.69, 9.17) is 16.3 Å². The van der Waals surface area contributed by atoms with Gasteiger partial charge in [-0.15, -0.1) is 11.6 Å². The van der Waals surface area contributed by atoms with Gasteiger partial charge in [-0.3, -0.25) is 0 Å². The van der Waals surface area contributed by atoms with Gasteiger partial charge in [-0.05, 0) is 30.2 Å². The molecule has 0 amide bonds. The van der Waals surface area contributed by atoms with Crippen LogP contribution in [0.4, 0.5) is 4.39 Å². The minimum atomic E-state index is -0.404. The SMILES string of the molecule is Cc1ccc(F)c(Oc2ccc(CCl)cn2)c1. The molecule has 17 heavy (non-hydrogen) atoms. The van der Waals surface area contributed by atoms with E-state index in [9.17, 15) is 4.39 Å². The lowest BCUT2D eigenvalue weighted by atomic mass is 10.2. The molecule has 1 aromatic carbocycles. The maximum atomic E-state index is 13.4. The number of aromatic nitrogens is 1. The van der Waals surface area contributed by atoms with Crippen LogP contribution in [0, 0.1) is 12.7 Å². The van der Waals surface area contributed by atoms with Crippen LogP contribution in [0.5, 0.6) is 11.6 Å². The number of rotatable bonds is 3. The average Bonchev–Trinajstić information content (AvgIpc) is 2.35. The van der Waals surface area contributed by atoms with Crippen molar-refractivity contribution >= 4 is 11.6 Å². The monoisotopic (exact) mass is 251 g/mol. The van der Waals surface area contributed by atoms with Gasteiger partial charge in [-0.2, -0.15) is 0 Å². The van der Waals surface area contributed by atoms with Crippen LogP contribution in [0.2, 0.25) is 0 Å². The third-order valence-electron chi connectivity index (χ3n) is 2.25. The Labute approximate surface area is 104 Å². The van der Waals surface area contributed by atoms with Crippen molar-refractivity contribution in [3.8, 4) is 11.6 Å². The zero-order valence-electron chi connectivity index (χ0n) is 9.28. The molecule has 0 spiro atoms. The fourth-order valence-electron chi connectivity index (χ4n) is 1.35. The standard InChI is InChI=1S/C13H11ClFNO/c1-9-2-4-11(15)12(6-9)17-13-5-3-10(7-14)8-16-13/h2-6,8H,7H2,1H3. The summed E-state index contributed by atoms with van der Waals surface area (Å²) >= 11 is 5.64. The molecule has 0 bridgehead atoms. The number of hydrogen-bond donors (Lipinski definition) is 0. The van der Waals surface area contributed by atoms with Gasteiger partial charge in [0, 0.05) is 18.1 Å². The summed E-state index contributed by atoms with van der Waals surface area (Å²) in [6.07, 6.45) is 1.61. The Kier molecular flexibility index (Phi) is 3.59. The van der Waals surface area contributed by atoms with Gasteiger partial charge < -0.3 is 4.74 Å². The Morgan fingerprint density at radius 3 is 2.76 bits per heavy atom. The number of nitrogens with zero attached hydrogens (tertiary/aromatic N) is 1. The van der Waals surface area contributed by atoms with Gasteiger partial charge in [0.15, 0.2) is 11.6 Å². The highest BCUT2D eigenvalue weighted by Crippen LogP contribution is 2.24. The van der Waals surface area contributed by atoms with Crippen molar-refractivity contribution in [2.75, 3.05) is 0 Å². The third-order valence-corrected chi connectivity index (χ3v) is 2.56. The molecular formula is C13H11ClFNO. The van der Waals surface area contributed by atoms with Crippen LogP contribution in [0.25, 0.3) is 0 Å².